The van der Waals surface area contributed by atoms with Crippen molar-refractivity contribution in [3.05, 3.63) is 65.7 Å². The molecule has 3 rings (SSSR count). The second-order valence-electron chi connectivity index (χ2n) is 6.04. The van der Waals surface area contributed by atoms with Gasteiger partial charge >= 0.3 is 6.09 Å². The van der Waals surface area contributed by atoms with Crippen LogP contribution < -0.4 is 0 Å². The van der Waals surface area contributed by atoms with E-state index in [0.29, 0.717) is 13.0 Å². The van der Waals surface area contributed by atoms with E-state index in [1.165, 1.54) is 0 Å². The number of likely N-dealkylation sites (tertiary alicyclic amines) is 1. The molecule has 0 saturated carbocycles. The smallest absolute Gasteiger partial charge is 0.410 e. The van der Waals surface area contributed by atoms with E-state index in [0.717, 1.165) is 11.1 Å². The highest BCUT2D eigenvalue weighted by atomic mass is 16.6. The average Bonchev–Trinajstić information content (AvgIpc) is 2.61. The molecule has 2 N–H and O–H groups in total. The van der Waals surface area contributed by atoms with Gasteiger partial charge in [0.25, 0.3) is 0 Å². The summed E-state index contributed by atoms with van der Waals surface area (Å²) >= 11 is 0. The number of hydrogen-bond donors (Lipinski definition) is 2. The number of aromatic hydroxyl groups is 1. The number of aliphatic hydroxyl groups excluding tert-OH is 1. The second kappa shape index (κ2) is 7.36. The van der Waals surface area contributed by atoms with Crippen LogP contribution in [0.15, 0.2) is 54.6 Å². The van der Waals surface area contributed by atoms with Crippen molar-refractivity contribution >= 4 is 6.09 Å². The summed E-state index contributed by atoms with van der Waals surface area (Å²) in [6.45, 7) is 1.02. The Kier molecular flexibility index (Phi) is 5.01. The highest BCUT2D eigenvalue weighted by Gasteiger charge is 2.31. The number of ether oxygens (including phenoxy) is 1. The van der Waals surface area contributed by atoms with Crippen LogP contribution in [0.3, 0.4) is 0 Å². The van der Waals surface area contributed by atoms with Crippen molar-refractivity contribution < 1.29 is 19.7 Å². The van der Waals surface area contributed by atoms with Crippen LogP contribution in [0.5, 0.6) is 5.75 Å². The average molecular weight is 327 g/mol. The van der Waals surface area contributed by atoms with Crippen LogP contribution in [0.25, 0.3) is 0 Å². The molecule has 1 heterocycles. The summed E-state index contributed by atoms with van der Waals surface area (Å²) in [6, 6.07) is 16.4. The van der Waals surface area contributed by atoms with E-state index in [-0.39, 0.29) is 24.8 Å². The first kappa shape index (κ1) is 16.3. The van der Waals surface area contributed by atoms with Gasteiger partial charge in [-0.15, -0.1) is 0 Å². The van der Waals surface area contributed by atoms with E-state index in [4.69, 9.17) is 4.74 Å². The predicted octanol–water partition coefficient (Wildman–Crippen LogP) is 2.88. The van der Waals surface area contributed by atoms with Gasteiger partial charge in [-0.05, 0) is 29.7 Å². The summed E-state index contributed by atoms with van der Waals surface area (Å²) in [5.41, 5.74) is 1.91. The van der Waals surface area contributed by atoms with E-state index in [2.05, 4.69) is 0 Å². The lowest BCUT2D eigenvalue weighted by Crippen LogP contribution is -2.45. The number of rotatable bonds is 3. The maximum atomic E-state index is 12.2. The minimum atomic E-state index is -0.646. The molecule has 2 aromatic carbocycles. The van der Waals surface area contributed by atoms with Crippen molar-refractivity contribution in [1.29, 1.82) is 0 Å². The third-order valence-electron chi connectivity index (χ3n) is 4.37. The molecule has 1 saturated heterocycles. The number of aliphatic hydroxyl groups is 1. The summed E-state index contributed by atoms with van der Waals surface area (Å²) in [5.74, 6) is 0.166. The molecule has 0 aliphatic carbocycles. The molecule has 126 valence electrons. The van der Waals surface area contributed by atoms with E-state index in [9.17, 15) is 15.0 Å². The SMILES string of the molecule is O=C(OCc1ccccc1)N1CC[C@@H](c2ccc(O)cc2)[C@@H](O)C1. The van der Waals surface area contributed by atoms with Gasteiger partial charge in [0, 0.05) is 12.5 Å². The predicted molar refractivity (Wildman–Crippen MR) is 89.7 cm³/mol. The largest absolute Gasteiger partial charge is 0.508 e. The maximum absolute atomic E-state index is 12.2. The van der Waals surface area contributed by atoms with E-state index in [1.807, 2.05) is 42.5 Å². The third kappa shape index (κ3) is 3.86. The van der Waals surface area contributed by atoms with Gasteiger partial charge in [-0.2, -0.15) is 0 Å². The van der Waals surface area contributed by atoms with E-state index < -0.39 is 12.2 Å². The lowest BCUT2D eigenvalue weighted by molar-refractivity contribution is 0.0344. The summed E-state index contributed by atoms with van der Waals surface area (Å²) in [4.78, 5) is 13.7. The molecular weight excluding hydrogens is 306 g/mol. The first-order valence-corrected chi connectivity index (χ1v) is 8.06. The molecule has 1 amide bonds. The van der Waals surface area contributed by atoms with Crippen LogP contribution in [0.4, 0.5) is 4.79 Å². The maximum Gasteiger partial charge on any atom is 0.410 e. The number of carbonyl (C=O) groups excluding carboxylic acids is 1. The first-order chi connectivity index (χ1) is 11.6. The van der Waals surface area contributed by atoms with Crippen LogP contribution in [-0.4, -0.2) is 40.4 Å². The molecule has 5 nitrogen and oxygen atoms in total. The normalized spacial score (nSPS) is 20.6. The van der Waals surface area contributed by atoms with Gasteiger partial charge in [0.05, 0.1) is 12.6 Å². The first-order valence-electron chi connectivity index (χ1n) is 8.06. The van der Waals surface area contributed by atoms with Gasteiger partial charge in [0.15, 0.2) is 0 Å². The number of piperidine rings is 1. The van der Waals surface area contributed by atoms with Gasteiger partial charge in [0.2, 0.25) is 0 Å². The van der Waals surface area contributed by atoms with E-state index in [1.54, 1.807) is 17.0 Å². The molecule has 2 atom stereocenters. The van der Waals surface area contributed by atoms with Crippen LogP contribution in [0, 0.1) is 0 Å². The molecule has 0 unspecified atom stereocenters. The summed E-state index contributed by atoms with van der Waals surface area (Å²) < 4.78 is 5.32. The van der Waals surface area contributed by atoms with Crippen LogP contribution in [-0.2, 0) is 11.3 Å². The van der Waals surface area contributed by atoms with Crippen molar-refractivity contribution in [1.82, 2.24) is 4.90 Å². The Morgan fingerprint density at radius 2 is 1.83 bits per heavy atom. The molecule has 0 aromatic heterocycles. The quantitative estimate of drug-likeness (QED) is 0.909. The number of amides is 1. The molecular formula is C19H21NO4. The lowest BCUT2D eigenvalue weighted by atomic mass is 9.87. The van der Waals surface area contributed by atoms with Crippen molar-refractivity contribution in [2.45, 2.75) is 25.0 Å². The van der Waals surface area contributed by atoms with Gasteiger partial charge in [-0.25, -0.2) is 4.79 Å². The molecule has 0 spiro atoms. The summed E-state index contributed by atoms with van der Waals surface area (Å²) in [5, 5.41) is 19.7. The molecule has 2 aromatic rings. The van der Waals surface area contributed by atoms with Crippen molar-refractivity contribution in [2.24, 2.45) is 0 Å². The number of phenols is 1. The van der Waals surface area contributed by atoms with Gasteiger partial charge in [-0.3, -0.25) is 0 Å². The molecule has 5 heteroatoms. The van der Waals surface area contributed by atoms with Gasteiger partial charge < -0.3 is 19.8 Å². The van der Waals surface area contributed by atoms with Crippen molar-refractivity contribution in [2.75, 3.05) is 13.1 Å². The second-order valence-corrected chi connectivity index (χ2v) is 6.04. The number of benzene rings is 2. The number of β-amino-alcohol motifs (C(OH)–C–C–N with tert-alkyl or cyclic N) is 1. The fraction of sp³-hybridized carbons (Fsp3) is 0.316. The Hall–Kier alpha value is -2.53. The monoisotopic (exact) mass is 327 g/mol. The van der Waals surface area contributed by atoms with Crippen LogP contribution in [0.1, 0.15) is 23.5 Å². The fourth-order valence-corrected chi connectivity index (χ4v) is 3.02. The molecule has 1 aliphatic heterocycles. The minimum Gasteiger partial charge on any atom is -0.508 e. The van der Waals surface area contributed by atoms with Crippen molar-refractivity contribution in [3.8, 4) is 5.75 Å². The topological polar surface area (TPSA) is 70.0 Å². The molecule has 0 radical (unpaired) electrons. The Bertz CT molecular complexity index is 672. The van der Waals surface area contributed by atoms with Crippen molar-refractivity contribution in [3.63, 3.8) is 0 Å². The Balaban J connectivity index is 1.54. The van der Waals surface area contributed by atoms with Gasteiger partial charge in [0.1, 0.15) is 12.4 Å². The lowest BCUT2D eigenvalue weighted by Gasteiger charge is -2.35. The number of hydrogen-bond acceptors (Lipinski definition) is 4. The number of carbonyl (C=O) groups is 1. The number of phenolic OH excluding ortho intramolecular Hbond substituents is 1. The Morgan fingerprint density at radius 1 is 1.12 bits per heavy atom. The number of nitrogens with zero attached hydrogens (tertiary/aromatic N) is 1. The standard InChI is InChI=1S/C19H21NO4/c21-16-8-6-15(7-9-16)17-10-11-20(12-18(17)22)19(23)24-13-14-4-2-1-3-5-14/h1-9,17-18,21-22H,10-13H2/t17-,18-/m0/s1. The zero-order chi connectivity index (χ0) is 16.9. The molecule has 1 aliphatic rings. The Morgan fingerprint density at radius 3 is 2.50 bits per heavy atom. The van der Waals surface area contributed by atoms with Crippen LogP contribution in [0.2, 0.25) is 0 Å². The molecule has 0 bridgehead atoms. The zero-order valence-electron chi connectivity index (χ0n) is 13.3. The third-order valence-corrected chi connectivity index (χ3v) is 4.37. The highest BCUT2D eigenvalue weighted by Crippen LogP contribution is 2.29. The minimum absolute atomic E-state index is 0.0382. The van der Waals surface area contributed by atoms with Gasteiger partial charge in [-0.1, -0.05) is 42.5 Å². The fourth-order valence-electron chi connectivity index (χ4n) is 3.02. The Labute approximate surface area is 141 Å². The highest BCUT2D eigenvalue weighted by molar-refractivity contribution is 5.68. The summed E-state index contributed by atoms with van der Waals surface area (Å²) in [6.07, 6.45) is -0.388. The molecule has 24 heavy (non-hydrogen) atoms. The van der Waals surface area contributed by atoms with Crippen LogP contribution >= 0.6 is 0 Å². The zero-order valence-corrected chi connectivity index (χ0v) is 13.3. The van der Waals surface area contributed by atoms with E-state index >= 15 is 0 Å². The molecule has 1 fully saturated rings. The summed E-state index contributed by atoms with van der Waals surface area (Å²) in [7, 11) is 0.